The van der Waals surface area contributed by atoms with Crippen molar-refractivity contribution in [2.45, 2.75) is 31.9 Å². The number of aromatic nitrogens is 2. The van der Waals surface area contributed by atoms with Crippen LogP contribution in [0.4, 0.5) is 0 Å². The Hall–Kier alpha value is -2.70. The van der Waals surface area contributed by atoms with E-state index in [1.807, 2.05) is 24.3 Å². The quantitative estimate of drug-likeness (QED) is 0.584. The highest BCUT2D eigenvalue weighted by Crippen LogP contribution is 2.18. The Bertz CT molecular complexity index is 1090. The molecular formula is C22H26N4O2. The lowest BCUT2D eigenvalue weighted by Crippen LogP contribution is -2.42. The van der Waals surface area contributed by atoms with E-state index in [9.17, 15) is 9.90 Å². The van der Waals surface area contributed by atoms with Crippen LogP contribution < -0.4 is 5.32 Å². The SMILES string of the molecule is [2H]C1([2H])Cc2ccccc2C([2H])([2H])N1C[C@@H](O)CNC(=O)CCc1nc2ccccc2[nH]1. The van der Waals surface area contributed by atoms with Crippen LogP contribution in [0.25, 0.3) is 11.0 Å². The van der Waals surface area contributed by atoms with Crippen molar-refractivity contribution in [2.24, 2.45) is 0 Å². The van der Waals surface area contributed by atoms with Gasteiger partial charge in [0.1, 0.15) is 5.82 Å². The van der Waals surface area contributed by atoms with Crippen LogP contribution in [-0.2, 0) is 24.1 Å². The maximum absolute atomic E-state index is 12.2. The number of H-pyrrole nitrogens is 1. The number of aromatic amines is 1. The third kappa shape index (κ3) is 4.58. The van der Waals surface area contributed by atoms with Crippen molar-refractivity contribution < 1.29 is 15.4 Å². The smallest absolute Gasteiger partial charge is 0.220 e. The first-order valence-electron chi connectivity index (χ1n) is 11.4. The number of amides is 1. The van der Waals surface area contributed by atoms with Crippen LogP contribution in [0.3, 0.4) is 0 Å². The van der Waals surface area contributed by atoms with Gasteiger partial charge >= 0.3 is 0 Å². The molecule has 0 bridgehead atoms. The first-order valence-corrected chi connectivity index (χ1v) is 9.41. The molecule has 1 aliphatic heterocycles. The van der Waals surface area contributed by atoms with Gasteiger partial charge in [0.25, 0.3) is 0 Å². The number of nitrogens with zero attached hydrogens (tertiary/aromatic N) is 2. The van der Waals surface area contributed by atoms with Gasteiger partial charge in [0.05, 0.1) is 17.1 Å². The van der Waals surface area contributed by atoms with Crippen molar-refractivity contribution in [2.75, 3.05) is 19.6 Å². The molecule has 3 aromatic rings. The summed E-state index contributed by atoms with van der Waals surface area (Å²) in [5.41, 5.74) is 2.76. The van der Waals surface area contributed by atoms with Crippen molar-refractivity contribution in [3.05, 3.63) is 65.5 Å². The molecule has 1 aromatic heterocycles. The second kappa shape index (κ2) is 8.54. The molecule has 0 fully saturated rings. The number of hydrogen-bond donors (Lipinski definition) is 3. The van der Waals surface area contributed by atoms with Crippen molar-refractivity contribution in [3.8, 4) is 0 Å². The highest BCUT2D eigenvalue weighted by Gasteiger charge is 2.18. The summed E-state index contributed by atoms with van der Waals surface area (Å²) in [5, 5.41) is 13.1. The summed E-state index contributed by atoms with van der Waals surface area (Å²) < 4.78 is 33.6. The molecule has 0 spiro atoms. The monoisotopic (exact) mass is 382 g/mol. The molecule has 1 amide bonds. The zero-order valence-electron chi connectivity index (χ0n) is 19.5. The predicted octanol–water partition coefficient (Wildman–Crippen LogP) is 2.03. The predicted molar refractivity (Wildman–Crippen MR) is 109 cm³/mol. The standard InChI is InChI=1S/C22H26N4O2/c27-18(15-26-12-11-16-5-1-2-6-17(16)14-26)13-23-22(28)10-9-21-24-19-7-3-4-8-20(19)25-21/h1-8,18,27H,9-15H2,(H,23,28)(H,24,25)/t18-/m0/s1/i12D2,14D2. The Morgan fingerprint density at radius 3 is 2.89 bits per heavy atom. The highest BCUT2D eigenvalue weighted by atomic mass is 16.3. The zero-order valence-corrected chi connectivity index (χ0v) is 15.5. The van der Waals surface area contributed by atoms with Crippen LogP contribution in [0.1, 0.15) is 28.9 Å². The van der Waals surface area contributed by atoms with Crippen LogP contribution in [-0.4, -0.2) is 51.6 Å². The average Bonchev–Trinajstić information content (AvgIpc) is 3.16. The van der Waals surface area contributed by atoms with Gasteiger partial charge in [0.2, 0.25) is 5.91 Å². The average molecular weight is 383 g/mol. The number of para-hydroxylation sites is 2. The highest BCUT2D eigenvalue weighted by molar-refractivity contribution is 5.77. The lowest BCUT2D eigenvalue weighted by atomic mass is 10.00. The molecule has 1 aliphatic rings. The first-order chi connectivity index (χ1) is 15.2. The molecule has 28 heavy (non-hydrogen) atoms. The second-order valence-electron chi connectivity index (χ2n) is 6.87. The van der Waals surface area contributed by atoms with Crippen LogP contribution in [0.15, 0.2) is 48.5 Å². The lowest BCUT2D eigenvalue weighted by molar-refractivity contribution is -0.121. The summed E-state index contributed by atoms with van der Waals surface area (Å²) in [7, 11) is 0. The fourth-order valence-electron chi connectivity index (χ4n) is 3.21. The molecule has 0 saturated heterocycles. The topological polar surface area (TPSA) is 81.2 Å². The molecule has 0 aliphatic carbocycles. The number of aliphatic hydroxyl groups is 1. The zero-order chi connectivity index (χ0) is 22.9. The van der Waals surface area contributed by atoms with Gasteiger partial charge in [-0.2, -0.15) is 0 Å². The minimum atomic E-state index is -2.08. The minimum absolute atomic E-state index is 0.0270. The molecule has 2 heterocycles. The van der Waals surface area contributed by atoms with Crippen molar-refractivity contribution in [1.82, 2.24) is 20.2 Å². The first kappa shape index (κ1) is 14.3. The second-order valence-corrected chi connectivity index (χ2v) is 6.87. The normalized spacial score (nSPS) is 21.0. The van der Waals surface area contributed by atoms with E-state index in [2.05, 4.69) is 15.3 Å². The number of aliphatic hydroxyl groups excluding tert-OH is 1. The summed E-state index contributed by atoms with van der Waals surface area (Å²) in [6.45, 7) is -4.39. The van der Waals surface area contributed by atoms with Gasteiger partial charge in [0, 0.05) is 44.4 Å². The van der Waals surface area contributed by atoms with E-state index >= 15 is 0 Å². The largest absolute Gasteiger partial charge is 0.390 e. The van der Waals surface area contributed by atoms with E-state index < -0.39 is 19.1 Å². The maximum atomic E-state index is 12.2. The fraction of sp³-hybridized carbons (Fsp3) is 0.364. The van der Waals surface area contributed by atoms with Crippen LogP contribution >= 0.6 is 0 Å². The molecule has 6 heteroatoms. The number of imidazole rings is 1. The van der Waals surface area contributed by atoms with E-state index in [0.29, 0.717) is 23.4 Å². The Balaban J connectivity index is 1.32. The third-order valence-corrected chi connectivity index (χ3v) is 4.69. The number of hydrogen-bond acceptors (Lipinski definition) is 4. The Morgan fingerprint density at radius 1 is 1.25 bits per heavy atom. The van der Waals surface area contributed by atoms with Gasteiger partial charge in [-0.3, -0.25) is 9.69 Å². The number of benzene rings is 2. The van der Waals surface area contributed by atoms with Crippen molar-refractivity contribution >= 4 is 16.9 Å². The number of carbonyl (C=O) groups excluding carboxylic acids is 1. The van der Waals surface area contributed by atoms with Gasteiger partial charge in [-0.25, -0.2) is 4.98 Å². The molecule has 3 N–H and O–H groups in total. The number of carbonyl (C=O) groups is 1. The van der Waals surface area contributed by atoms with Gasteiger partial charge < -0.3 is 15.4 Å². The van der Waals surface area contributed by atoms with E-state index in [-0.39, 0.29) is 31.8 Å². The molecule has 6 nitrogen and oxygen atoms in total. The third-order valence-electron chi connectivity index (χ3n) is 4.69. The molecule has 0 unspecified atom stereocenters. The van der Waals surface area contributed by atoms with E-state index in [4.69, 9.17) is 5.48 Å². The van der Waals surface area contributed by atoms with Gasteiger partial charge in [0.15, 0.2) is 0 Å². The number of nitrogens with one attached hydrogen (secondary N) is 2. The van der Waals surface area contributed by atoms with Gasteiger partial charge in [-0.1, -0.05) is 36.4 Å². The molecule has 4 rings (SSSR count). The molecule has 2 aromatic carbocycles. The summed E-state index contributed by atoms with van der Waals surface area (Å²) in [4.78, 5) is 20.9. The Kier molecular flexibility index (Phi) is 4.37. The van der Waals surface area contributed by atoms with Crippen LogP contribution in [0.5, 0.6) is 0 Å². The summed E-state index contributed by atoms with van der Waals surface area (Å²) >= 11 is 0. The van der Waals surface area contributed by atoms with Gasteiger partial charge in [-0.05, 0) is 29.7 Å². The minimum Gasteiger partial charge on any atom is -0.390 e. The van der Waals surface area contributed by atoms with Crippen molar-refractivity contribution in [1.29, 1.82) is 0 Å². The maximum Gasteiger partial charge on any atom is 0.220 e. The molecule has 146 valence electrons. The number of aryl methyl sites for hydroxylation is 2. The molecule has 1 atom stereocenters. The van der Waals surface area contributed by atoms with Gasteiger partial charge in [-0.15, -0.1) is 0 Å². The summed E-state index contributed by atoms with van der Waals surface area (Å²) in [5.74, 6) is 0.440. The summed E-state index contributed by atoms with van der Waals surface area (Å²) in [6.07, 6.45) is -0.490. The van der Waals surface area contributed by atoms with E-state index in [1.54, 1.807) is 24.3 Å². The number of rotatable bonds is 7. The lowest BCUT2D eigenvalue weighted by Gasteiger charge is -2.30. The molecule has 0 saturated carbocycles. The number of fused-ring (bicyclic) bond motifs is 2. The van der Waals surface area contributed by atoms with E-state index in [0.717, 1.165) is 15.9 Å². The van der Waals surface area contributed by atoms with Crippen LogP contribution in [0.2, 0.25) is 0 Å². The number of β-amino-alcohol motifs (C(OH)–C–C–N with tert-alkyl or cyclic N) is 1. The Labute approximate surface area is 170 Å². The summed E-state index contributed by atoms with van der Waals surface area (Å²) in [6, 6.07) is 14.5. The van der Waals surface area contributed by atoms with Crippen molar-refractivity contribution in [3.63, 3.8) is 0 Å². The molecule has 0 radical (unpaired) electrons. The Morgan fingerprint density at radius 2 is 2.04 bits per heavy atom. The van der Waals surface area contributed by atoms with Crippen LogP contribution in [0, 0.1) is 0 Å². The molecular weight excluding hydrogens is 352 g/mol. The van der Waals surface area contributed by atoms with E-state index in [1.165, 1.54) is 0 Å². The fourth-order valence-corrected chi connectivity index (χ4v) is 3.21.